The number of pyridine rings is 1. The fourth-order valence-electron chi connectivity index (χ4n) is 8.21. The molecule has 2 amide bonds. The largest absolute Gasteiger partial charge is 0.506 e. The first-order chi connectivity index (χ1) is 27.1. The lowest BCUT2D eigenvalue weighted by Crippen LogP contribution is -2.59. The Labute approximate surface area is 324 Å². The van der Waals surface area contributed by atoms with Crippen molar-refractivity contribution in [3.8, 4) is 11.5 Å². The molecule has 3 aliphatic rings. The van der Waals surface area contributed by atoms with Gasteiger partial charge in [-0.2, -0.15) is 5.10 Å². The Balaban J connectivity index is 0.948. The highest BCUT2D eigenvalue weighted by molar-refractivity contribution is 5.92. The number of aryl methyl sites for hydroxylation is 1. The minimum absolute atomic E-state index is 0.0645. The van der Waals surface area contributed by atoms with Gasteiger partial charge in [-0.25, -0.2) is 4.79 Å². The van der Waals surface area contributed by atoms with Crippen LogP contribution in [0.2, 0.25) is 0 Å². The number of carbonyl (C=O) groups is 2. The first-order valence-electron chi connectivity index (χ1n) is 19.1. The second-order valence-corrected chi connectivity index (χ2v) is 14.8. The topological polar surface area (TPSA) is 176 Å². The number of phenolic OH excluding ortho intramolecular Hbond substituents is 1. The molecule has 3 fully saturated rings. The number of aromatic nitrogens is 3. The molecule has 0 aliphatic carbocycles. The number of ether oxygens (including phenoxy) is 1. The molecule has 56 heavy (non-hydrogen) atoms. The summed E-state index contributed by atoms with van der Waals surface area (Å²) in [4.78, 5) is 46.4. The number of hydrogen-bond donors (Lipinski definition) is 5. The molecule has 2 aromatic heterocycles. The van der Waals surface area contributed by atoms with Gasteiger partial charge in [0.1, 0.15) is 29.5 Å². The van der Waals surface area contributed by atoms with Gasteiger partial charge in [0, 0.05) is 45.2 Å². The minimum atomic E-state index is -0.936. The lowest BCUT2D eigenvalue weighted by Gasteiger charge is -2.50. The Morgan fingerprint density at radius 3 is 2.52 bits per heavy atom. The molecule has 294 valence electrons. The monoisotopic (exact) mass is 763 g/mol. The molecule has 0 saturated carbocycles. The van der Waals surface area contributed by atoms with Crippen LogP contribution in [0.3, 0.4) is 0 Å². The van der Waals surface area contributed by atoms with Crippen molar-refractivity contribution in [2.24, 2.45) is 13.0 Å². The summed E-state index contributed by atoms with van der Waals surface area (Å²) in [6.07, 6.45) is 0.818. The number of hydrogen-bond acceptors (Lipinski definition) is 9. The third kappa shape index (κ3) is 8.42. The van der Waals surface area contributed by atoms with Crippen LogP contribution in [0.25, 0.3) is 10.9 Å². The molecule has 3 aliphatic heterocycles. The van der Waals surface area contributed by atoms with E-state index in [1.165, 1.54) is 12.1 Å². The average molecular weight is 764 g/mol. The zero-order chi connectivity index (χ0) is 39.3. The van der Waals surface area contributed by atoms with E-state index >= 15 is 0 Å². The highest BCUT2D eigenvalue weighted by atomic mass is 16.5. The van der Waals surface area contributed by atoms with E-state index in [0.29, 0.717) is 53.5 Å². The second kappa shape index (κ2) is 17.0. The molecule has 1 unspecified atom stereocenters. The summed E-state index contributed by atoms with van der Waals surface area (Å²) in [5, 5.41) is 39.9. The molecule has 2 bridgehead atoms. The van der Waals surface area contributed by atoms with Crippen molar-refractivity contribution in [3.63, 3.8) is 0 Å². The van der Waals surface area contributed by atoms with Gasteiger partial charge < -0.3 is 40.2 Å². The third-order valence-corrected chi connectivity index (χ3v) is 11.1. The number of amides is 2. The van der Waals surface area contributed by atoms with Crippen molar-refractivity contribution in [1.82, 2.24) is 34.8 Å². The molecule has 5 N–H and O–H groups in total. The summed E-state index contributed by atoms with van der Waals surface area (Å²) in [6.45, 7) is 4.13. The number of rotatable bonds is 15. The summed E-state index contributed by atoms with van der Waals surface area (Å²) in [6, 6.07) is 24.5. The molecule has 14 heteroatoms. The molecule has 3 aromatic carbocycles. The van der Waals surface area contributed by atoms with Crippen molar-refractivity contribution in [3.05, 3.63) is 123 Å². The molecular weight excluding hydrogens is 715 g/mol. The number of phenols is 1. The Hall–Kier alpha value is -5.70. The zero-order valence-corrected chi connectivity index (χ0v) is 31.7. The molecule has 5 aromatic rings. The number of piperidine rings is 3. The third-order valence-electron chi connectivity index (χ3n) is 11.1. The van der Waals surface area contributed by atoms with E-state index in [9.17, 15) is 29.7 Å². The van der Waals surface area contributed by atoms with Gasteiger partial charge in [-0.05, 0) is 91.8 Å². The van der Waals surface area contributed by atoms with Crippen LogP contribution in [0.1, 0.15) is 64.3 Å². The summed E-state index contributed by atoms with van der Waals surface area (Å²) in [7, 11) is 3.45. The van der Waals surface area contributed by atoms with Crippen LogP contribution in [0.15, 0.2) is 89.7 Å². The second-order valence-electron chi connectivity index (χ2n) is 14.8. The number of H-pyrrole nitrogens is 1. The van der Waals surface area contributed by atoms with E-state index in [2.05, 4.69) is 20.3 Å². The van der Waals surface area contributed by atoms with E-state index in [0.717, 1.165) is 43.6 Å². The molecule has 3 saturated heterocycles. The van der Waals surface area contributed by atoms with Crippen molar-refractivity contribution >= 4 is 22.9 Å². The maximum absolute atomic E-state index is 13.4. The number of fused-ring (bicyclic) bond motifs is 4. The van der Waals surface area contributed by atoms with Gasteiger partial charge in [0.15, 0.2) is 0 Å². The zero-order valence-electron chi connectivity index (χ0n) is 31.7. The Kier molecular flexibility index (Phi) is 11.7. The SMILES string of the molecule is CN(CCCNC[C@@H](O)c1ccc(O)c2[nH]c(=O)ccc12)C(=O)c1cc(COc2cccc(C(c3ccccc3)N(C(=O)O)[C@H]3CN4CCC3CC4)c2)nn1C. The maximum Gasteiger partial charge on any atom is 0.408 e. The summed E-state index contributed by atoms with van der Waals surface area (Å²) in [5.74, 6) is 0.645. The number of carboxylic acid groups (broad SMARTS) is 1. The summed E-state index contributed by atoms with van der Waals surface area (Å²) < 4.78 is 7.75. The van der Waals surface area contributed by atoms with Crippen LogP contribution in [0, 0.1) is 5.92 Å². The van der Waals surface area contributed by atoms with Crippen LogP contribution in [-0.2, 0) is 13.7 Å². The number of benzene rings is 3. The van der Waals surface area contributed by atoms with Crippen LogP contribution < -0.4 is 15.6 Å². The van der Waals surface area contributed by atoms with Crippen LogP contribution in [0.5, 0.6) is 11.5 Å². The van der Waals surface area contributed by atoms with Crippen molar-refractivity contribution in [1.29, 1.82) is 0 Å². The molecule has 3 atom stereocenters. The number of nitrogens with zero attached hydrogens (tertiary/aromatic N) is 5. The molecule has 5 heterocycles. The van der Waals surface area contributed by atoms with Crippen LogP contribution in [-0.4, -0.2) is 109 Å². The Morgan fingerprint density at radius 2 is 1.79 bits per heavy atom. The smallest absolute Gasteiger partial charge is 0.408 e. The predicted octanol–water partition coefficient (Wildman–Crippen LogP) is 4.50. The first kappa shape index (κ1) is 38.6. The van der Waals surface area contributed by atoms with Crippen LogP contribution >= 0.6 is 0 Å². The Bertz CT molecular complexity index is 2220. The van der Waals surface area contributed by atoms with E-state index in [-0.39, 0.29) is 41.9 Å². The van der Waals surface area contributed by atoms with Gasteiger partial charge in [0.25, 0.3) is 5.91 Å². The van der Waals surface area contributed by atoms with Crippen molar-refractivity contribution in [2.45, 2.75) is 44.1 Å². The van der Waals surface area contributed by atoms with Crippen LogP contribution in [0.4, 0.5) is 4.79 Å². The fraction of sp³-hybridized carbons (Fsp3) is 0.381. The standard InChI is InChI=1S/C42H49N7O7/c1-46(19-7-18-43-24-37(51)32-12-14-36(50)39-33(32)13-15-38(52)44-39)41(53)34-23-30(45-47(34)2)26-56-31-11-6-10-29(22-31)40(28-8-4-3-5-9-28)49(42(54)55)35-25-48-20-16-27(35)17-21-48/h3-6,8-15,22-23,27,35,37,40,43,50-51H,7,16-21,24-26H2,1-2H3,(H,44,52)(H,54,55)/t35-,37+,40?/m0/s1. The molecule has 14 nitrogen and oxygen atoms in total. The van der Waals surface area contributed by atoms with Crippen molar-refractivity contribution in [2.75, 3.05) is 46.3 Å². The van der Waals surface area contributed by atoms with Gasteiger partial charge in [-0.15, -0.1) is 0 Å². The first-order valence-corrected chi connectivity index (χ1v) is 19.1. The lowest BCUT2D eigenvalue weighted by molar-refractivity contribution is -0.000814. The average Bonchev–Trinajstić information content (AvgIpc) is 3.59. The minimum Gasteiger partial charge on any atom is -0.506 e. The maximum atomic E-state index is 13.4. The van der Waals surface area contributed by atoms with Gasteiger partial charge in [-0.3, -0.25) is 19.2 Å². The van der Waals surface area contributed by atoms with Gasteiger partial charge in [0.05, 0.1) is 23.7 Å². The van der Waals surface area contributed by atoms with E-state index < -0.39 is 18.2 Å². The summed E-state index contributed by atoms with van der Waals surface area (Å²) >= 11 is 0. The predicted molar refractivity (Wildman–Crippen MR) is 211 cm³/mol. The molecule has 8 rings (SSSR count). The van der Waals surface area contributed by atoms with Gasteiger partial charge in [-0.1, -0.05) is 48.5 Å². The molecular formula is C42H49N7O7. The van der Waals surface area contributed by atoms with E-state index in [1.54, 1.807) is 46.8 Å². The highest BCUT2D eigenvalue weighted by Crippen LogP contribution is 2.39. The Morgan fingerprint density at radius 1 is 1.02 bits per heavy atom. The number of aromatic amines is 1. The quantitative estimate of drug-likeness (QED) is 0.0956. The number of aliphatic hydroxyl groups excluding tert-OH is 1. The van der Waals surface area contributed by atoms with Crippen molar-refractivity contribution < 1.29 is 29.6 Å². The number of aliphatic hydroxyl groups is 1. The number of aromatic hydroxyl groups is 1. The normalized spacial score (nSPS) is 18.7. The van der Waals surface area contributed by atoms with E-state index in [4.69, 9.17) is 4.74 Å². The molecule has 0 spiro atoms. The highest BCUT2D eigenvalue weighted by Gasteiger charge is 2.43. The van der Waals surface area contributed by atoms with E-state index in [1.807, 2.05) is 54.6 Å². The number of carbonyl (C=O) groups excluding carboxylic acids is 1. The number of nitrogens with one attached hydrogen (secondary N) is 2. The summed E-state index contributed by atoms with van der Waals surface area (Å²) in [5.41, 5.74) is 3.24. The fourth-order valence-corrected chi connectivity index (χ4v) is 8.21. The van der Waals surface area contributed by atoms with Gasteiger partial charge >= 0.3 is 6.09 Å². The van der Waals surface area contributed by atoms with Gasteiger partial charge in [0.2, 0.25) is 5.56 Å². The molecule has 0 radical (unpaired) electrons. The lowest BCUT2D eigenvalue weighted by atomic mass is 9.81.